The highest BCUT2D eigenvalue weighted by atomic mass is 127. The Hall–Kier alpha value is -2.14. The Morgan fingerprint density at radius 2 is 1.81 bits per heavy atom. The smallest absolute Gasteiger partial charge is 0.226 e. The van der Waals surface area contributed by atoms with Crippen LogP contribution in [0.2, 0.25) is 0 Å². The first kappa shape index (κ1) is 25.1. The lowest BCUT2D eigenvalue weighted by molar-refractivity contribution is 0.571. The van der Waals surface area contributed by atoms with E-state index in [1.165, 1.54) is 18.2 Å². The number of nitrogens with zero attached hydrogens (tertiary/aromatic N) is 2. The molecule has 1 heterocycles. The molecule has 0 atom stereocenters. The van der Waals surface area contributed by atoms with Crippen LogP contribution in [0, 0.1) is 11.6 Å². The van der Waals surface area contributed by atoms with Crippen molar-refractivity contribution in [3.8, 4) is 11.5 Å². The van der Waals surface area contributed by atoms with E-state index >= 15 is 0 Å². The van der Waals surface area contributed by atoms with E-state index in [-0.39, 0.29) is 35.6 Å². The first-order chi connectivity index (χ1) is 14.6. The van der Waals surface area contributed by atoms with Crippen molar-refractivity contribution in [1.29, 1.82) is 0 Å². The number of aliphatic imine (C=N–C) groups is 1. The summed E-state index contributed by atoms with van der Waals surface area (Å²) < 4.78 is 32.0. The Balaban J connectivity index is 0.00000341. The molecule has 0 aliphatic rings. The first-order valence-corrected chi connectivity index (χ1v) is 10.9. The third kappa shape index (κ3) is 7.49. The van der Waals surface area contributed by atoms with E-state index in [9.17, 15) is 8.78 Å². The van der Waals surface area contributed by atoms with Crippen molar-refractivity contribution in [3.05, 3.63) is 77.2 Å². The maximum absolute atomic E-state index is 13.5. The van der Waals surface area contributed by atoms with E-state index in [1.807, 2.05) is 6.26 Å². The van der Waals surface area contributed by atoms with Gasteiger partial charge in [-0.25, -0.2) is 13.8 Å². The Morgan fingerprint density at radius 3 is 2.52 bits per heavy atom. The third-order valence-electron chi connectivity index (χ3n) is 4.45. The molecule has 0 spiro atoms. The van der Waals surface area contributed by atoms with Gasteiger partial charge >= 0.3 is 0 Å². The van der Waals surface area contributed by atoms with Crippen molar-refractivity contribution in [2.75, 3.05) is 19.8 Å². The number of benzene rings is 2. The van der Waals surface area contributed by atoms with Gasteiger partial charge in [-0.3, -0.25) is 4.99 Å². The van der Waals surface area contributed by atoms with Crippen molar-refractivity contribution in [2.24, 2.45) is 4.99 Å². The van der Waals surface area contributed by atoms with E-state index < -0.39 is 0 Å². The largest absolute Gasteiger partial charge is 0.444 e. The van der Waals surface area contributed by atoms with Crippen LogP contribution in [0.5, 0.6) is 0 Å². The van der Waals surface area contributed by atoms with Crippen molar-refractivity contribution in [3.63, 3.8) is 0 Å². The van der Waals surface area contributed by atoms with E-state index in [4.69, 9.17) is 4.42 Å². The predicted octanol–water partition coefficient (Wildman–Crippen LogP) is 5.01. The molecule has 1 aromatic heterocycles. The number of rotatable bonds is 8. The van der Waals surface area contributed by atoms with E-state index in [2.05, 4.69) is 20.6 Å². The molecule has 0 bridgehead atoms. The van der Waals surface area contributed by atoms with Crippen LogP contribution >= 0.6 is 35.7 Å². The highest BCUT2D eigenvalue weighted by molar-refractivity contribution is 14.0. The van der Waals surface area contributed by atoms with Crippen molar-refractivity contribution in [2.45, 2.75) is 18.7 Å². The normalized spacial score (nSPS) is 11.2. The van der Waals surface area contributed by atoms with Crippen LogP contribution in [-0.4, -0.2) is 30.8 Å². The third-order valence-corrected chi connectivity index (χ3v) is 5.05. The second-order valence-corrected chi connectivity index (χ2v) is 7.47. The molecule has 0 saturated heterocycles. The molecular weight excluding hydrogens is 533 g/mol. The second-order valence-electron chi connectivity index (χ2n) is 6.60. The summed E-state index contributed by atoms with van der Waals surface area (Å²) >= 11 is 1.66. The Bertz CT molecular complexity index is 995. The van der Waals surface area contributed by atoms with Crippen LogP contribution in [0.1, 0.15) is 16.8 Å². The van der Waals surface area contributed by atoms with Gasteiger partial charge in [0.25, 0.3) is 0 Å². The molecule has 166 valence electrons. The molecule has 2 N–H and O–H groups in total. The fourth-order valence-corrected chi connectivity index (χ4v) is 3.49. The summed E-state index contributed by atoms with van der Waals surface area (Å²) in [5.41, 5.74) is 3.53. The molecule has 0 aliphatic carbocycles. The van der Waals surface area contributed by atoms with Crippen LogP contribution in [0.4, 0.5) is 8.78 Å². The SMILES string of the molecule is CN=C(NCCc1coc(-c2ccc(F)cc2)n1)NCc1ccc(F)cc1CSC.I. The highest BCUT2D eigenvalue weighted by Gasteiger charge is 2.08. The minimum atomic E-state index is -0.296. The van der Waals surface area contributed by atoms with Crippen LogP contribution in [0.3, 0.4) is 0 Å². The molecule has 3 aromatic rings. The summed E-state index contributed by atoms with van der Waals surface area (Å²) in [6, 6.07) is 10.9. The van der Waals surface area contributed by atoms with E-state index in [0.717, 1.165) is 28.1 Å². The molecule has 0 unspecified atom stereocenters. The molecule has 9 heteroatoms. The van der Waals surface area contributed by atoms with Gasteiger partial charge in [0, 0.05) is 37.9 Å². The number of guanidine groups is 1. The standard InChI is InChI=1S/C22H24F2N4OS.HI/c1-25-22(27-12-16-5-8-19(24)11-17(16)14-30-2)26-10-9-20-13-29-21(28-20)15-3-6-18(23)7-4-15;/h3-8,11,13H,9-10,12,14H2,1-2H3,(H2,25,26,27);1H. The summed E-state index contributed by atoms with van der Waals surface area (Å²) in [6.07, 6.45) is 4.23. The van der Waals surface area contributed by atoms with Crippen molar-refractivity contribution >= 4 is 41.7 Å². The summed E-state index contributed by atoms with van der Waals surface area (Å²) in [7, 11) is 1.70. The number of nitrogens with one attached hydrogen (secondary N) is 2. The van der Waals surface area contributed by atoms with Gasteiger partial charge in [-0.05, 0) is 53.8 Å². The maximum Gasteiger partial charge on any atom is 0.226 e. The minimum Gasteiger partial charge on any atom is -0.444 e. The minimum absolute atomic E-state index is 0. The fourth-order valence-electron chi connectivity index (χ4n) is 2.91. The first-order valence-electron chi connectivity index (χ1n) is 9.50. The molecule has 2 aromatic carbocycles. The molecule has 0 saturated carbocycles. The molecule has 0 aliphatic heterocycles. The summed E-state index contributed by atoms with van der Waals surface area (Å²) in [4.78, 5) is 8.66. The van der Waals surface area contributed by atoms with Gasteiger partial charge < -0.3 is 15.1 Å². The average molecular weight is 558 g/mol. The Labute approximate surface area is 202 Å². The number of oxazole rings is 1. The fraction of sp³-hybridized carbons (Fsp3) is 0.273. The monoisotopic (exact) mass is 558 g/mol. The lowest BCUT2D eigenvalue weighted by Crippen LogP contribution is -2.38. The Kier molecular flexibility index (Phi) is 10.3. The second kappa shape index (κ2) is 12.7. The van der Waals surface area contributed by atoms with Gasteiger partial charge in [-0.15, -0.1) is 24.0 Å². The van der Waals surface area contributed by atoms with Gasteiger partial charge in [0.2, 0.25) is 5.89 Å². The molecule has 5 nitrogen and oxygen atoms in total. The molecule has 31 heavy (non-hydrogen) atoms. The zero-order valence-electron chi connectivity index (χ0n) is 17.3. The number of hydrogen-bond acceptors (Lipinski definition) is 4. The van der Waals surface area contributed by atoms with Crippen molar-refractivity contribution < 1.29 is 13.2 Å². The van der Waals surface area contributed by atoms with Crippen LogP contribution < -0.4 is 10.6 Å². The van der Waals surface area contributed by atoms with Gasteiger partial charge in [-0.2, -0.15) is 11.8 Å². The van der Waals surface area contributed by atoms with E-state index in [0.29, 0.717) is 31.4 Å². The number of halogens is 3. The highest BCUT2D eigenvalue weighted by Crippen LogP contribution is 2.19. The summed E-state index contributed by atoms with van der Waals surface area (Å²) in [6.45, 7) is 1.16. The van der Waals surface area contributed by atoms with E-state index in [1.54, 1.807) is 49.3 Å². The molecule has 0 radical (unpaired) electrons. The molecule has 3 rings (SSSR count). The molecular formula is C22H25F2IN4OS. The average Bonchev–Trinajstić information content (AvgIpc) is 3.21. The lowest BCUT2D eigenvalue weighted by Gasteiger charge is -2.14. The molecule has 0 amide bonds. The maximum atomic E-state index is 13.5. The quantitative estimate of drug-likeness (QED) is 0.231. The zero-order chi connectivity index (χ0) is 21.3. The van der Waals surface area contributed by atoms with Gasteiger partial charge in [0.1, 0.15) is 17.9 Å². The van der Waals surface area contributed by atoms with Gasteiger partial charge in [0.15, 0.2) is 5.96 Å². The summed E-state index contributed by atoms with van der Waals surface area (Å²) in [5, 5.41) is 6.49. The summed E-state index contributed by atoms with van der Waals surface area (Å²) in [5.74, 6) is 1.35. The van der Waals surface area contributed by atoms with Gasteiger partial charge in [0.05, 0.1) is 5.69 Å². The number of aromatic nitrogens is 1. The van der Waals surface area contributed by atoms with Crippen LogP contribution in [0.25, 0.3) is 11.5 Å². The van der Waals surface area contributed by atoms with Crippen LogP contribution in [-0.2, 0) is 18.7 Å². The predicted molar refractivity (Wildman–Crippen MR) is 133 cm³/mol. The van der Waals surface area contributed by atoms with Crippen molar-refractivity contribution in [1.82, 2.24) is 15.6 Å². The topological polar surface area (TPSA) is 62.5 Å². The Morgan fingerprint density at radius 1 is 1.06 bits per heavy atom. The number of hydrogen-bond donors (Lipinski definition) is 2. The zero-order valence-corrected chi connectivity index (χ0v) is 20.5. The van der Waals surface area contributed by atoms with Crippen LogP contribution in [0.15, 0.2) is 58.1 Å². The van der Waals surface area contributed by atoms with Gasteiger partial charge in [-0.1, -0.05) is 6.07 Å². The lowest BCUT2D eigenvalue weighted by atomic mass is 10.1. The molecule has 0 fully saturated rings. The number of thioether (sulfide) groups is 1.